The minimum Gasteiger partial charge on any atom is -0.482 e. The summed E-state index contributed by atoms with van der Waals surface area (Å²) in [4.78, 5) is 38.7. The van der Waals surface area contributed by atoms with Gasteiger partial charge in [-0.2, -0.15) is 0 Å². The first kappa shape index (κ1) is 32.8. The summed E-state index contributed by atoms with van der Waals surface area (Å²) in [7, 11) is 1.61. The van der Waals surface area contributed by atoms with Crippen LogP contribution in [-0.4, -0.2) is 74.6 Å². The number of aromatic nitrogens is 4. The summed E-state index contributed by atoms with van der Waals surface area (Å²) in [5.41, 5.74) is 12.5. The van der Waals surface area contributed by atoms with Crippen molar-refractivity contribution >= 4 is 28.5 Å². The number of nitrogens with zero attached hydrogens (tertiary/aromatic N) is 5. The number of benzene rings is 1. The van der Waals surface area contributed by atoms with Crippen molar-refractivity contribution in [2.24, 2.45) is 11.7 Å². The second-order valence-electron chi connectivity index (χ2n) is 13.4. The van der Waals surface area contributed by atoms with Gasteiger partial charge in [-0.05, 0) is 81.8 Å². The summed E-state index contributed by atoms with van der Waals surface area (Å²) < 4.78 is 16.0. The maximum atomic E-state index is 13.8. The fraction of sp³-hybridized carbons (Fsp3) is 0.421. The lowest BCUT2D eigenvalue weighted by atomic mass is 10.0. The highest BCUT2D eigenvalue weighted by molar-refractivity contribution is 5.96. The molecule has 2 amide bonds. The molecule has 49 heavy (non-hydrogen) atoms. The summed E-state index contributed by atoms with van der Waals surface area (Å²) in [5.74, 6) is 0.884. The molecule has 0 radical (unpaired) electrons. The molecule has 1 saturated carbocycles. The Hall–Kier alpha value is -4.74. The topological polar surface area (TPSA) is 129 Å². The fourth-order valence-electron chi connectivity index (χ4n) is 6.86. The van der Waals surface area contributed by atoms with Crippen LogP contribution in [0, 0.1) is 12.8 Å². The number of hydrogen-bond donors (Lipinski definition) is 2. The van der Waals surface area contributed by atoms with Crippen molar-refractivity contribution in [2.75, 3.05) is 26.8 Å². The third kappa shape index (κ3) is 6.52. The van der Waals surface area contributed by atoms with E-state index in [0.29, 0.717) is 54.7 Å². The Kier molecular flexibility index (Phi) is 9.13. The molecular formula is C38H45N7O4. The Labute approximate surface area is 286 Å². The summed E-state index contributed by atoms with van der Waals surface area (Å²) in [5, 5.41) is 4.10. The number of fused-ring (bicyclic) bond motifs is 2. The predicted molar refractivity (Wildman–Crippen MR) is 189 cm³/mol. The standard InChI is InChI=1S/C38H45N7O4/c1-5-17-49-32-15-16-43(22-29(32)39)38(47)28-19-33-42-35(24(3)45(33)34(20-28)48-4)31-18-27-13-14-30(41-36(27)44(31)21-25-11-12-25)23(2)40-37(46)26-9-7-6-8-10-26/h6-10,13-14,18-20,23,25,29,32H,5,11-12,15-17,21-22,39H2,1-4H3,(H,40,46)/t23-,29+,32?/m1/s1. The van der Waals surface area contributed by atoms with Crippen LogP contribution in [-0.2, 0) is 11.3 Å². The molecule has 5 aromatic rings. The molecule has 0 bridgehead atoms. The van der Waals surface area contributed by atoms with E-state index < -0.39 is 0 Å². The minimum atomic E-state index is -0.286. The molecule has 1 aliphatic heterocycles. The molecule has 3 atom stereocenters. The van der Waals surface area contributed by atoms with Crippen LogP contribution in [0.4, 0.5) is 0 Å². The maximum Gasteiger partial charge on any atom is 0.254 e. The van der Waals surface area contributed by atoms with E-state index in [0.717, 1.165) is 46.8 Å². The van der Waals surface area contributed by atoms with Crippen LogP contribution >= 0.6 is 0 Å². The number of ether oxygens (including phenoxy) is 2. The van der Waals surface area contributed by atoms with E-state index in [1.165, 1.54) is 12.8 Å². The number of nitrogens with two attached hydrogens (primary N) is 1. The first-order chi connectivity index (χ1) is 23.7. The average Bonchev–Trinajstić information content (AvgIpc) is 3.79. The molecular weight excluding hydrogens is 618 g/mol. The van der Waals surface area contributed by atoms with Crippen LogP contribution in [0.25, 0.3) is 28.1 Å². The van der Waals surface area contributed by atoms with Gasteiger partial charge < -0.3 is 30.0 Å². The van der Waals surface area contributed by atoms with Crippen molar-refractivity contribution in [3.05, 3.63) is 83.2 Å². The zero-order valence-electron chi connectivity index (χ0n) is 28.7. The lowest BCUT2D eigenvalue weighted by Gasteiger charge is -2.36. The molecule has 11 nitrogen and oxygen atoms in total. The zero-order valence-corrected chi connectivity index (χ0v) is 28.7. The van der Waals surface area contributed by atoms with Gasteiger partial charge in [-0.3, -0.25) is 14.0 Å². The van der Waals surface area contributed by atoms with Crippen molar-refractivity contribution in [3.63, 3.8) is 0 Å². The van der Waals surface area contributed by atoms with Gasteiger partial charge in [-0.1, -0.05) is 25.1 Å². The second kappa shape index (κ2) is 13.6. The summed E-state index contributed by atoms with van der Waals surface area (Å²) in [6.07, 6.45) is 3.96. The molecule has 1 saturated heterocycles. The molecule has 1 aromatic carbocycles. The van der Waals surface area contributed by atoms with E-state index in [1.54, 1.807) is 30.2 Å². The quantitative estimate of drug-likeness (QED) is 0.190. The number of carbonyl (C=O) groups excluding carboxylic acids is 2. The molecule has 4 aromatic heterocycles. The highest BCUT2D eigenvalue weighted by Gasteiger charge is 2.31. The number of carbonyl (C=O) groups is 2. The highest BCUT2D eigenvalue weighted by Crippen LogP contribution is 2.37. The Morgan fingerprint density at radius 3 is 2.55 bits per heavy atom. The molecule has 0 spiro atoms. The van der Waals surface area contributed by atoms with Gasteiger partial charge in [0.25, 0.3) is 11.8 Å². The van der Waals surface area contributed by atoms with Crippen LogP contribution in [0.5, 0.6) is 5.88 Å². The Morgan fingerprint density at radius 2 is 1.84 bits per heavy atom. The third-order valence-corrected chi connectivity index (χ3v) is 9.76. The van der Waals surface area contributed by atoms with Gasteiger partial charge in [0.15, 0.2) is 5.88 Å². The van der Waals surface area contributed by atoms with Gasteiger partial charge >= 0.3 is 0 Å². The Bertz CT molecular complexity index is 2000. The van der Waals surface area contributed by atoms with E-state index in [-0.39, 0.29) is 30.0 Å². The number of piperidine rings is 1. The first-order valence-corrected chi connectivity index (χ1v) is 17.4. The molecule has 3 N–H and O–H groups in total. The van der Waals surface area contributed by atoms with Gasteiger partial charge in [-0.15, -0.1) is 0 Å². The second-order valence-corrected chi connectivity index (χ2v) is 13.4. The van der Waals surface area contributed by atoms with Crippen LogP contribution < -0.4 is 15.8 Å². The summed E-state index contributed by atoms with van der Waals surface area (Å²) in [6, 6.07) is 18.5. The van der Waals surface area contributed by atoms with Gasteiger partial charge in [0.2, 0.25) is 0 Å². The number of rotatable bonds is 11. The third-order valence-electron chi connectivity index (χ3n) is 9.76. The molecule has 2 fully saturated rings. The van der Waals surface area contributed by atoms with E-state index in [4.69, 9.17) is 25.2 Å². The highest BCUT2D eigenvalue weighted by atomic mass is 16.5. The van der Waals surface area contributed by atoms with Crippen molar-refractivity contribution in [1.82, 2.24) is 29.2 Å². The number of aryl methyl sites for hydroxylation is 1. The lowest BCUT2D eigenvalue weighted by Crippen LogP contribution is -2.54. The molecule has 11 heteroatoms. The zero-order chi connectivity index (χ0) is 34.2. The van der Waals surface area contributed by atoms with Crippen molar-refractivity contribution in [2.45, 2.75) is 71.2 Å². The maximum absolute atomic E-state index is 13.8. The first-order valence-electron chi connectivity index (χ1n) is 17.4. The number of hydrogen-bond acceptors (Lipinski definition) is 7. The number of methoxy groups -OCH3 is 1. The van der Waals surface area contributed by atoms with Crippen LogP contribution in [0.15, 0.2) is 60.7 Å². The molecule has 1 aliphatic carbocycles. The molecule has 1 unspecified atom stereocenters. The smallest absolute Gasteiger partial charge is 0.254 e. The summed E-state index contributed by atoms with van der Waals surface area (Å²) >= 11 is 0. The van der Waals surface area contributed by atoms with E-state index >= 15 is 0 Å². The lowest BCUT2D eigenvalue weighted by molar-refractivity contribution is -0.00358. The van der Waals surface area contributed by atoms with Gasteiger partial charge in [-0.25, -0.2) is 9.97 Å². The number of imidazole rings is 1. The monoisotopic (exact) mass is 663 g/mol. The molecule has 256 valence electrons. The number of likely N-dealkylation sites (tertiary alicyclic amines) is 1. The summed E-state index contributed by atoms with van der Waals surface area (Å²) in [6.45, 7) is 8.57. The number of nitrogens with one attached hydrogen (secondary N) is 1. The van der Waals surface area contributed by atoms with Crippen molar-refractivity contribution in [3.8, 4) is 17.3 Å². The molecule has 7 rings (SSSR count). The van der Waals surface area contributed by atoms with E-state index in [9.17, 15) is 9.59 Å². The van der Waals surface area contributed by atoms with Crippen LogP contribution in [0.3, 0.4) is 0 Å². The predicted octanol–water partition coefficient (Wildman–Crippen LogP) is 5.54. The van der Waals surface area contributed by atoms with Gasteiger partial charge in [0.1, 0.15) is 17.0 Å². The molecule has 5 heterocycles. The Morgan fingerprint density at radius 1 is 1.04 bits per heavy atom. The number of amides is 2. The number of pyridine rings is 2. The van der Waals surface area contributed by atoms with Gasteiger partial charge in [0, 0.05) is 54.9 Å². The minimum absolute atomic E-state index is 0.0391. The van der Waals surface area contributed by atoms with Crippen molar-refractivity contribution < 1.29 is 19.1 Å². The Balaban J connectivity index is 1.21. The fourth-order valence-corrected chi connectivity index (χ4v) is 6.86. The largest absolute Gasteiger partial charge is 0.482 e. The van der Waals surface area contributed by atoms with Gasteiger partial charge in [0.05, 0.1) is 36.3 Å². The van der Waals surface area contributed by atoms with E-state index in [1.807, 2.05) is 48.6 Å². The SMILES string of the molecule is CCCOC1CCN(C(=O)c2cc(OC)n3c(C)c(-c4cc5ccc([C@@H](C)NC(=O)c6ccccc6)nc5n4CC4CC4)nc3c2)C[C@@H]1N. The van der Waals surface area contributed by atoms with Crippen LogP contribution in [0.1, 0.15) is 77.7 Å². The van der Waals surface area contributed by atoms with Crippen LogP contribution in [0.2, 0.25) is 0 Å². The van der Waals surface area contributed by atoms with E-state index in [2.05, 4.69) is 28.9 Å². The molecule has 2 aliphatic rings. The average molecular weight is 664 g/mol. The van der Waals surface area contributed by atoms with Crippen molar-refractivity contribution in [1.29, 1.82) is 0 Å². The normalized spacial score (nSPS) is 18.6.